The average molecular weight is 328 g/mol. The van der Waals surface area contributed by atoms with E-state index in [1.54, 1.807) is 0 Å². The van der Waals surface area contributed by atoms with Gasteiger partial charge in [-0.25, -0.2) is 0 Å². The first-order valence-corrected chi connectivity index (χ1v) is 7.32. The summed E-state index contributed by atoms with van der Waals surface area (Å²) in [6.45, 7) is 9.41. The number of likely N-dealkylation sites (tertiary alicyclic amines) is 1. The molecule has 1 aliphatic heterocycles. The standard InChI is InChI=1S/C14H29N3O.2ClH/c1-4-7-17-8-5-13(6-9-17)11-16-14(18)12(2)10-15-3;;/h12-13,15H,4-11H2,1-3H3,(H,16,18);2*1H. The molecular weight excluding hydrogens is 297 g/mol. The number of carbonyl (C=O) groups is 1. The van der Waals surface area contributed by atoms with Crippen molar-refractivity contribution in [2.45, 2.75) is 33.1 Å². The van der Waals surface area contributed by atoms with E-state index in [0.717, 1.165) is 13.1 Å². The van der Waals surface area contributed by atoms with Gasteiger partial charge in [0.15, 0.2) is 0 Å². The van der Waals surface area contributed by atoms with Gasteiger partial charge in [-0.3, -0.25) is 4.79 Å². The van der Waals surface area contributed by atoms with Gasteiger partial charge in [0.25, 0.3) is 0 Å². The molecule has 0 radical (unpaired) electrons. The Bertz CT molecular complexity index is 247. The van der Waals surface area contributed by atoms with Crippen LogP contribution in [0.2, 0.25) is 0 Å². The van der Waals surface area contributed by atoms with Crippen molar-refractivity contribution < 1.29 is 4.79 Å². The molecule has 0 spiro atoms. The van der Waals surface area contributed by atoms with Crippen LogP contribution in [-0.4, -0.2) is 50.6 Å². The number of nitrogens with one attached hydrogen (secondary N) is 2. The Hall–Kier alpha value is -0.0300. The largest absolute Gasteiger partial charge is 0.356 e. The SMILES string of the molecule is CCCN1CCC(CNC(=O)C(C)CNC)CC1.Cl.Cl. The third-order valence-corrected chi connectivity index (χ3v) is 3.77. The first-order chi connectivity index (χ1) is 8.67. The van der Waals surface area contributed by atoms with E-state index in [0.29, 0.717) is 5.92 Å². The van der Waals surface area contributed by atoms with Gasteiger partial charge in [0.05, 0.1) is 0 Å². The van der Waals surface area contributed by atoms with Crippen molar-refractivity contribution in [1.82, 2.24) is 15.5 Å². The number of carbonyl (C=O) groups excluding carboxylic acids is 1. The first kappa shape index (κ1) is 22.3. The second kappa shape index (κ2) is 12.7. The molecule has 0 saturated carbocycles. The Morgan fingerprint density at radius 2 is 1.90 bits per heavy atom. The number of amides is 1. The Balaban J connectivity index is 0. The summed E-state index contributed by atoms with van der Waals surface area (Å²) < 4.78 is 0. The van der Waals surface area contributed by atoms with E-state index < -0.39 is 0 Å². The quantitative estimate of drug-likeness (QED) is 0.750. The van der Waals surface area contributed by atoms with Crippen LogP contribution in [0.3, 0.4) is 0 Å². The van der Waals surface area contributed by atoms with Crippen molar-refractivity contribution in [2.24, 2.45) is 11.8 Å². The molecule has 1 amide bonds. The second-order valence-electron chi connectivity index (χ2n) is 5.49. The summed E-state index contributed by atoms with van der Waals surface area (Å²) in [5.74, 6) is 0.916. The minimum absolute atomic E-state index is 0. The van der Waals surface area contributed by atoms with Gasteiger partial charge in [-0.2, -0.15) is 0 Å². The van der Waals surface area contributed by atoms with Crippen molar-refractivity contribution in [1.29, 1.82) is 0 Å². The summed E-state index contributed by atoms with van der Waals surface area (Å²) in [6, 6.07) is 0. The fourth-order valence-electron chi connectivity index (χ4n) is 2.55. The van der Waals surface area contributed by atoms with E-state index in [-0.39, 0.29) is 36.6 Å². The van der Waals surface area contributed by atoms with Gasteiger partial charge in [-0.05, 0) is 51.9 Å². The minimum Gasteiger partial charge on any atom is -0.356 e. The van der Waals surface area contributed by atoms with Gasteiger partial charge in [-0.15, -0.1) is 24.8 Å². The highest BCUT2D eigenvalue weighted by Crippen LogP contribution is 2.16. The topological polar surface area (TPSA) is 44.4 Å². The van der Waals surface area contributed by atoms with Crippen LogP contribution >= 0.6 is 24.8 Å². The van der Waals surface area contributed by atoms with Gasteiger partial charge in [0, 0.05) is 19.0 Å². The molecule has 6 heteroatoms. The van der Waals surface area contributed by atoms with E-state index in [9.17, 15) is 4.79 Å². The van der Waals surface area contributed by atoms with Crippen molar-refractivity contribution in [3.8, 4) is 0 Å². The predicted molar refractivity (Wildman–Crippen MR) is 90.1 cm³/mol. The van der Waals surface area contributed by atoms with Crippen LogP contribution in [-0.2, 0) is 4.79 Å². The lowest BCUT2D eigenvalue weighted by molar-refractivity contribution is -0.124. The zero-order valence-electron chi connectivity index (χ0n) is 13.0. The third kappa shape index (κ3) is 8.30. The average Bonchev–Trinajstić information content (AvgIpc) is 2.38. The highest BCUT2D eigenvalue weighted by atomic mass is 35.5. The van der Waals surface area contributed by atoms with E-state index in [1.165, 1.54) is 38.9 Å². The van der Waals surface area contributed by atoms with Crippen LogP contribution in [0.4, 0.5) is 0 Å². The lowest BCUT2D eigenvalue weighted by Crippen LogP contribution is -2.41. The molecule has 20 heavy (non-hydrogen) atoms. The Morgan fingerprint density at radius 3 is 2.40 bits per heavy atom. The van der Waals surface area contributed by atoms with Gasteiger partial charge < -0.3 is 15.5 Å². The van der Waals surface area contributed by atoms with Crippen molar-refractivity contribution in [3.63, 3.8) is 0 Å². The first-order valence-electron chi connectivity index (χ1n) is 7.32. The number of piperidine rings is 1. The maximum Gasteiger partial charge on any atom is 0.224 e. The molecule has 1 fully saturated rings. The summed E-state index contributed by atoms with van der Waals surface area (Å²) in [5.41, 5.74) is 0. The zero-order valence-corrected chi connectivity index (χ0v) is 14.6. The molecule has 0 bridgehead atoms. The normalized spacial score (nSPS) is 17.8. The molecule has 0 aromatic rings. The summed E-state index contributed by atoms with van der Waals surface area (Å²) in [7, 11) is 1.88. The smallest absolute Gasteiger partial charge is 0.224 e. The molecule has 0 aromatic heterocycles. The number of rotatable bonds is 7. The molecule has 122 valence electrons. The molecule has 1 aliphatic rings. The monoisotopic (exact) mass is 327 g/mol. The molecule has 1 atom stereocenters. The maximum absolute atomic E-state index is 11.8. The number of halogens is 2. The van der Waals surface area contributed by atoms with Crippen molar-refractivity contribution in [2.75, 3.05) is 39.8 Å². The molecule has 1 heterocycles. The molecule has 0 aromatic carbocycles. The summed E-state index contributed by atoms with van der Waals surface area (Å²) in [5, 5.41) is 6.12. The summed E-state index contributed by atoms with van der Waals surface area (Å²) in [6.07, 6.45) is 3.68. The van der Waals surface area contributed by atoms with Crippen molar-refractivity contribution in [3.05, 3.63) is 0 Å². The van der Waals surface area contributed by atoms with Gasteiger partial charge >= 0.3 is 0 Å². The Kier molecular flexibility index (Phi) is 14.1. The van der Waals surface area contributed by atoms with Crippen LogP contribution in [0.25, 0.3) is 0 Å². The molecule has 1 unspecified atom stereocenters. The van der Waals surface area contributed by atoms with Crippen LogP contribution in [0.15, 0.2) is 0 Å². The van der Waals surface area contributed by atoms with E-state index >= 15 is 0 Å². The minimum atomic E-state index is 0. The highest BCUT2D eigenvalue weighted by Gasteiger charge is 2.20. The highest BCUT2D eigenvalue weighted by molar-refractivity contribution is 5.85. The van der Waals surface area contributed by atoms with E-state index in [4.69, 9.17) is 0 Å². The summed E-state index contributed by atoms with van der Waals surface area (Å²) in [4.78, 5) is 14.3. The predicted octanol–water partition coefficient (Wildman–Crippen LogP) is 1.92. The number of hydrogen-bond donors (Lipinski definition) is 2. The second-order valence-corrected chi connectivity index (χ2v) is 5.49. The van der Waals surface area contributed by atoms with Crippen LogP contribution in [0, 0.1) is 11.8 Å². The third-order valence-electron chi connectivity index (χ3n) is 3.77. The number of nitrogens with zero attached hydrogens (tertiary/aromatic N) is 1. The zero-order chi connectivity index (χ0) is 13.4. The molecule has 0 aliphatic carbocycles. The van der Waals surface area contributed by atoms with Gasteiger partial charge in [0.2, 0.25) is 5.91 Å². The molecule has 1 rings (SSSR count). The molecule has 2 N–H and O–H groups in total. The fourth-order valence-corrected chi connectivity index (χ4v) is 2.55. The van der Waals surface area contributed by atoms with E-state index in [2.05, 4.69) is 22.5 Å². The lowest BCUT2D eigenvalue weighted by atomic mass is 9.96. The fraction of sp³-hybridized carbons (Fsp3) is 0.929. The molecule has 1 saturated heterocycles. The van der Waals surface area contributed by atoms with Gasteiger partial charge in [0.1, 0.15) is 0 Å². The molecule has 4 nitrogen and oxygen atoms in total. The van der Waals surface area contributed by atoms with Crippen LogP contribution < -0.4 is 10.6 Å². The maximum atomic E-state index is 11.8. The lowest BCUT2D eigenvalue weighted by Gasteiger charge is -2.31. The Labute approximate surface area is 136 Å². The summed E-state index contributed by atoms with van der Waals surface area (Å²) >= 11 is 0. The number of hydrogen-bond acceptors (Lipinski definition) is 3. The van der Waals surface area contributed by atoms with Gasteiger partial charge in [-0.1, -0.05) is 13.8 Å². The van der Waals surface area contributed by atoms with Crippen molar-refractivity contribution >= 4 is 30.7 Å². The Morgan fingerprint density at radius 1 is 1.30 bits per heavy atom. The van der Waals surface area contributed by atoms with E-state index in [1.807, 2.05) is 14.0 Å². The molecular formula is C14H31Cl2N3O. The van der Waals surface area contributed by atoms with Crippen LogP contribution in [0.5, 0.6) is 0 Å². The van der Waals surface area contributed by atoms with Crippen LogP contribution in [0.1, 0.15) is 33.1 Å².